The monoisotopic (exact) mass is 184 g/mol. The summed E-state index contributed by atoms with van der Waals surface area (Å²) in [6, 6.07) is 0. The highest BCUT2D eigenvalue weighted by atomic mass is 33.1. The third-order valence-corrected chi connectivity index (χ3v) is 3.29. The molecule has 0 aromatic carbocycles. The van der Waals surface area contributed by atoms with Crippen molar-refractivity contribution in [3.63, 3.8) is 0 Å². The molecule has 0 aromatic rings. The molecule has 0 amide bonds. The summed E-state index contributed by atoms with van der Waals surface area (Å²) in [5, 5.41) is 17.7. The highest BCUT2D eigenvalue weighted by molar-refractivity contribution is 8.77. The fraction of sp³-hybridized carbons (Fsp3) is 1.00. The average molecular weight is 184 g/mol. The van der Waals surface area contributed by atoms with Crippen molar-refractivity contribution >= 4 is 21.6 Å². The van der Waals surface area contributed by atoms with Crippen molar-refractivity contribution in [3.05, 3.63) is 0 Å². The summed E-state index contributed by atoms with van der Waals surface area (Å²) >= 11 is 0. The molecule has 0 fully saturated rings. The van der Waals surface area contributed by atoms with E-state index in [-0.39, 0.29) is 13.1 Å². The van der Waals surface area contributed by atoms with E-state index in [9.17, 15) is 0 Å². The van der Waals surface area contributed by atoms with E-state index in [1.54, 1.807) is 0 Å². The minimum Gasteiger partial charge on any atom is -0.380 e. The minimum atomic E-state index is -0.619. The summed E-state index contributed by atoms with van der Waals surface area (Å²) in [4.78, 5) is 0. The molecule has 0 radical (unpaired) electrons. The fourth-order valence-corrected chi connectivity index (χ4v) is 1.86. The van der Waals surface area contributed by atoms with Crippen LogP contribution in [0.1, 0.15) is 0 Å². The quantitative estimate of drug-likeness (QED) is 0.321. The van der Waals surface area contributed by atoms with E-state index < -0.39 is 10.9 Å². The van der Waals surface area contributed by atoms with Crippen molar-refractivity contribution in [1.29, 1.82) is 0 Å². The SMILES string of the molecule is NCC(O)SSC(O)CN. The summed E-state index contributed by atoms with van der Waals surface area (Å²) in [5.74, 6) is 0. The predicted octanol–water partition coefficient (Wildman–Crippen LogP) is -1.08. The van der Waals surface area contributed by atoms with E-state index in [1.807, 2.05) is 0 Å². The standard InChI is InChI=1S/C4H12N2O2S2/c5-1-3(7)9-10-4(8)2-6/h3-4,7-8H,1-2,5-6H2. The molecule has 10 heavy (non-hydrogen) atoms. The lowest BCUT2D eigenvalue weighted by Crippen LogP contribution is -2.18. The Morgan fingerprint density at radius 2 is 1.30 bits per heavy atom. The van der Waals surface area contributed by atoms with Crippen LogP contribution in [0.25, 0.3) is 0 Å². The van der Waals surface area contributed by atoms with E-state index in [0.29, 0.717) is 0 Å². The van der Waals surface area contributed by atoms with Gasteiger partial charge in [-0.1, -0.05) is 21.6 Å². The maximum Gasteiger partial charge on any atom is 0.121 e. The lowest BCUT2D eigenvalue weighted by molar-refractivity contribution is 0.268. The second-order valence-corrected chi connectivity index (χ2v) is 4.20. The Balaban J connectivity index is 3.17. The molecule has 6 heteroatoms. The third kappa shape index (κ3) is 5.33. The van der Waals surface area contributed by atoms with Crippen LogP contribution in [0.3, 0.4) is 0 Å². The van der Waals surface area contributed by atoms with Gasteiger partial charge in [0, 0.05) is 13.1 Å². The van der Waals surface area contributed by atoms with Crippen molar-refractivity contribution in [1.82, 2.24) is 0 Å². The lowest BCUT2D eigenvalue weighted by Gasteiger charge is -2.08. The Labute approximate surface area is 67.7 Å². The van der Waals surface area contributed by atoms with Gasteiger partial charge in [-0.3, -0.25) is 0 Å². The van der Waals surface area contributed by atoms with Crippen molar-refractivity contribution in [2.75, 3.05) is 13.1 Å². The first-order valence-electron chi connectivity index (χ1n) is 2.79. The Morgan fingerprint density at radius 3 is 1.50 bits per heavy atom. The van der Waals surface area contributed by atoms with Gasteiger partial charge in [-0.25, -0.2) is 0 Å². The van der Waals surface area contributed by atoms with Crippen molar-refractivity contribution in [2.45, 2.75) is 10.9 Å². The van der Waals surface area contributed by atoms with Crippen LogP contribution in [-0.2, 0) is 0 Å². The molecule has 0 saturated heterocycles. The molecule has 0 aromatic heterocycles. The van der Waals surface area contributed by atoms with Crippen molar-refractivity contribution in [2.24, 2.45) is 11.5 Å². The zero-order valence-electron chi connectivity index (χ0n) is 5.43. The summed E-state index contributed by atoms with van der Waals surface area (Å²) in [7, 11) is 2.25. The van der Waals surface area contributed by atoms with E-state index in [1.165, 1.54) is 0 Å². The van der Waals surface area contributed by atoms with Crippen molar-refractivity contribution < 1.29 is 10.2 Å². The van der Waals surface area contributed by atoms with Gasteiger partial charge in [-0.15, -0.1) is 0 Å². The summed E-state index contributed by atoms with van der Waals surface area (Å²) < 4.78 is 0. The van der Waals surface area contributed by atoms with Crippen LogP contribution >= 0.6 is 21.6 Å². The molecule has 2 atom stereocenters. The summed E-state index contributed by atoms with van der Waals surface area (Å²) in [5.41, 5.74) is 8.97. The molecule has 0 spiro atoms. The predicted molar refractivity (Wildman–Crippen MR) is 45.3 cm³/mol. The minimum absolute atomic E-state index is 0.189. The molecule has 62 valence electrons. The highest BCUT2D eigenvalue weighted by Crippen LogP contribution is 2.27. The van der Waals surface area contributed by atoms with E-state index in [4.69, 9.17) is 21.7 Å². The second-order valence-electron chi connectivity index (χ2n) is 1.57. The largest absolute Gasteiger partial charge is 0.380 e. The second kappa shape index (κ2) is 6.26. The smallest absolute Gasteiger partial charge is 0.121 e. The Bertz CT molecular complexity index is 75.7. The normalized spacial score (nSPS) is 16.8. The van der Waals surface area contributed by atoms with E-state index in [2.05, 4.69) is 0 Å². The van der Waals surface area contributed by atoms with Gasteiger partial charge >= 0.3 is 0 Å². The molecular weight excluding hydrogens is 172 g/mol. The molecule has 0 aliphatic rings. The number of hydrogen-bond donors (Lipinski definition) is 4. The van der Waals surface area contributed by atoms with Gasteiger partial charge in [-0.05, 0) is 0 Å². The number of aliphatic hydroxyl groups is 2. The molecular formula is C4H12N2O2S2. The number of hydrogen-bond acceptors (Lipinski definition) is 6. The highest BCUT2D eigenvalue weighted by Gasteiger charge is 2.06. The zero-order chi connectivity index (χ0) is 7.98. The first-order valence-corrected chi connectivity index (χ1v) is 5.06. The van der Waals surface area contributed by atoms with Crippen LogP contribution in [0.2, 0.25) is 0 Å². The van der Waals surface area contributed by atoms with Gasteiger partial charge in [0.2, 0.25) is 0 Å². The molecule has 0 rings (SSSR count). The lowest BCUT2D eigenvalue weighted by atomic mass is 10.7. The number of rotatable bonds is 5. The molecule has 0 bridgehead atoms. The average Bonchev–Trinajstić information content (AvgIpc) is 1.99. The molecule has 0 heterocycles. The molecule has 0 saturated carbocycles. The van der Waals surface area contributed by atoms with Gasteiger partial charge in [-0.2, -0.15) is 0 Å². The van der Waals surface area contributed by atoms with Crippen LogP contribution < -0.4 is 11.5 Å². The molecule has 2 unspecified atom stereocenters. The molecule has 4 nitrogen and oxygen atoms in total. The van der Waals surface area contributed by atoms with Gasteiger partial charge < -0.3 is 21.7 Å². The number of aliphatic hydroxyl groups excluding tert-OH is 2. The van der Waals surface area contributed by atoms with Crippen LogP contribution in [0.15, 0.2) is 0 Å². The maximum atomic E-state index is 8.87. The van der Waals surface area contributed by atoms with Gasteiger partial charge in [0.25, 0.3) is 0 Å². The molecule has 6 N–H and O–H groups in total. The Morgan fingerprint density at radius 1 is 1.00 bits per heavy atom. The Kier molecular flexibility index (Phi) is 6.60. The first-order chi connectivity index (χ1) is 4.70. The first kappa shape index (κ1) is 10.5. The van der Waals surface area contributed by atoms with Gasteiger partial charge in [0.05, 0.1) is 0 Å². The van der Waals surface area contributed by atoms with Crippen LogP contribution in [0.5, 0.6) is 0 Å². The fourth-order valence-electron chi connectivity index (χ4n) is 0.207. The van der Waals surface area contributed by atoms with Gasteiger partial charge in [0.1, 0.15) is 10.9 Å². The topological polar surface area (TPSA) is 92.5 Å². The van der Waals surface area contributed by atoms with Crippen molar-refractivity contribution in [3.8, 4) is 0 Å². The van der Waals surface area contributed by atoms with Gasteiger partial charge in [0.15, 0.2) is 0 Å². The Hall–Kier alpha value is 0.540. The zero-order valence-corrected chi connectivity index (χ0v) is 7.07. The number of nitrogens with two attached hydrogens (primary N) is 2. The van der Waals surface area contributed by atoms with E-state index in [0.717, 1.165) is 21.6 Å². The molecule has 0 aliphatic carbocycles. The summed E-state index contributed by atoms with van der Waals surface area (Å²) in [6.45, 7) is 0.379. The third-order valence-electron chi connectivity index (χ3n) is 0.681. The summed E-state index contributed by atoms with van der Waals surface area (Å²) in [6.07, 6.45) is 0. The van der Waals surface area contributed by atoms with Crippen LogP contribution in [0.4, 0.5) is 0 Å². The van der Waals surface area contributed by atoms with E-state index >= 15 is 0 Å². The maximum absolute atomic E-state index is 8.87. The van der Waals surface area contributed by atoms with Crippen LogP contribution in [0, 0.1) is 0 Å². The van der Waals surface area contributed by atoms with Crippen LogP contribution in [-0.4, -0.2) is 34.2 Å². The molecule has 0 aliphatic heterocycles.